The summed E-state index contributed by atoms with van der Waals surface area (Å²) in [5.41, 5.74) is 5.95. The SMILES string of the molecule is COc1cc(C(=O)CCN)c(C(C)F)cc1OC. The minimum atomic E-state index is -1.26. The van der Waals surface area contributed by atoms with Gasteiger partial charge in [0.1, 0.15) is 6.17 Å². The molecule has 1 aromatic rings. The van der Waals surface area contributed by atoms with Crippen LogP contribution in [0.1, 0.15) is 35.4 Å². The number of carbonyl (C=O) groups excluding carboxylic acids is 1. The van der Waals surface area contributed by atoms with Crippen LogP contribution in [0.3, 0.4) is 0 Å². The Balaban J connectivity index is 3.33. The lowest BCUT2D eigenvalue weighted by atomic mass is 9.98. The summed E-state index contributed by atoms with van der Waals surface area (Å²) in [4.78, 5) is 11.9. The van der Waals surface area contributed by atoms with Gasteiger partial charge < -0.3 is 15.2 Å². The zero-order valence-corrected chi connectivity index (χ0v) is 10.8. The molecule has 0 amide bonds. The predicted octanol–water partition coefficient (Wildman–Crippen LogP) is 2.27. The smallest absolute Gasteiger partial charge is 0.164 e. The maximum absolute atomic E-state index is 13.6. The van der Waals surface area contributed by atoms with E-state index >= 15 is 0 Å². The topological polar surface area (TPSA) is 61.5 Å². The molecule has 0 spiro atoms. The molecule has 4 nitrogen and oxygen atoms in total. The lowest BCUT2D eigenvalue weighted by Crippen LogP contribution is -2.11. The Bertz CT molecular complexity index is 432. The van der Waals surface area contributed by atoms with Crippen molar-refractivity contribution in [3.63, 3.8) is 0 Å². The Morgan fingerprint density at radius 3 is 2.33 bits per heavy atom. The Morgan fingerprint density at radius 2 is 1.89 bits per heavy atom. The van der Waals surface area contributed by atoms with Crippen LogP contribution in [-0.2, 0) is 0 Å². The molecule has 2 N–H and O–H groups in total. The molecule has 0 bridgehead atoms. The fourth-order valence-corrected chi connectivity index (χ4v) is 1.73. The zero-order chi connectivity index (χ0) is 13.7. The van der Waals surface area contributed by atoms with Gasteiger partial charge in [0.2, 0.25) is 0 Å². The van der Waals surface area contributed by atoms with Crippen LogP contribution in [0.25, 0.3) is 0 Å². The van der Waals surface area contributed by atoms with Gasteiger partial charge in [0.25, 0.3) is 0 Å². The molecule has 0 aliphatic rings. The third kappa shape index (κ3) is 2.98. The first kappa shape index (κ1) is 14.4. The van der Waals surface area contributed by atoms with Crippen molar-refractivity contribution in [1.82, 2.24) is 0 Å². The molecule has 100 valence electrons. The van der Waals surface area contributed by atoms with Crippen molar-refractivity contribution in [2.45, 2.75) is 19.5 Å². The van der Waals surface area contributed by atoms with Gasteiger partial charge in [0, 0.05) is 17.5 Å². The highest BCUT2D eigenvalue weighted by atomic mass is 19.1. The van der Waals surface area contributed by atoms with E-state index in [1.54, 1.807) is 0 Å². The number of benzene rings is 1. The summed E-state index contributed by atoms with van der Waals surface area (Å²) in [5.74, 6) is 0.613. The molecule has 1 rings (SSSR count). The van der Waals surface area contributed by atoms with Crippen LogP contribution in [-0.4, -0.2) is 26.5 Å². The number of halogens is 1. The Labute approximate surface area is 106 Å². The number of carbonyl (C=O) groups is 1. The van der Waals surface area contributed by atoms with Gasteiger partial charge in [-0.1, -0.05) is 0 Å². The number of hydrogen-bond acceptors (Lipinski definition) is 4. The van der Waals surface area contributed by atoms with Gasteiger partial charge in [-0.2, -0.15) is 0 Å². The summed E-state index contributed by atoms with van der Waals surface area (Å²) in [5, 5.41) is 0. The van der Waals surface area contributed by atoms with Crippen molar-refractivity contribution in [1.29, 1.82) is 0 Å². The van der Waals surface area contributed by atoms with E-state index in [2.05, 4.69) is 0 Å². The van der Waals surface area contributed by atoms with Crippen molar-refractivity contribution >= 4 is 5.78 Å². The van der Waals surface area contributed by atoms with Gasteiger partial charge in [-0.25, -0.2) is 4.39 Å². The molecule has 0 aliphatic heterocycles. The third-order valence-corrected chi connectivity index (χ3v) is 2.66. The van der Waals surface area contributed by atoms with Gasteiger partial charge in [-0.15, -0.1) is 0 Å². The second-order valence-corrected chi connectivity index (χ2v) is 3.87. The Kier molecular flexibility index (Phi) is 5.09. The molecule has 0 fully saturated rings. The van der Waals surface area contributed by atoms with Crippen LogP contribution in [0.4, 0.5) is 4.39 Å². The van der Waals surface area contributed by atoms with Gasteiger partial charge >= 0.3 is 0 Å². The summed E-state index contributed by atoms with van der Waals surface area (Å²) >= 11 is 0. The van der Waals surface area contributed by atoms with Crippen molar-refractivity contribution in [2.75, 3.05) is 20.8 Å². The molecular formula is C13H18FNO3. The lowest BCUT2D eigenvalue weighted by molar-refractivity contribution is 0.0982. The highest BCUT2D eigenvalue weighted by Gasteiger charge is 2.19. The number of ether oxygens (including phenoxy) is 2. The monoisotopic (exact) mass is 255 g/mol. The number of hydrogen-bond donors (Lipinski definition) is 1. The molecular weight excluding hydrogens is 237 g/mol. The van der Waals surface area contributed by atoms with E-state index in [0.717, 1.165) is 0 Å². The summed E-state index contributed by atoms with van der Waals surface area (Å²) in [6.07, 6.45) is -1.09. The maximum Gasteiger partial charge on any atom is 0.164 e. The van der Waals surface area contributed by atoms with Crippen LogP contribution >= 0.6 is 0 Å². The fraction of sp³-hybridized carbons (Fsp3) is 0.462. The van der Waals surface area contributed by atoms with Crippen molar-refractivity contribution in [3.05, 3.63) is 23.3 Å². The Morgan fingerprint density at radius 1 is 1.33 bits per heavy atom. The number of alkyl halides is 1. The minimum Gasteiger partial charge on any atom is -0.493 e. The standard InChI is InChI=1S/C13H18FNO3/c1-8(14)9-6-12(17-2)13(18-3)7-10(9)11(16)4-5-15/h6-8H,4-5,15H2,1-3H3. The first-order valence-electron chi connectivity index (χ1n) is 5.68. The van der Waals surface area contributed by atoms with Crippen LogP contribution in [0.2, 0.25) is 0 Å². The summed E-state index contributed by atoms with van der Waals surface area (Å²) in [6, 6.07) is 3.00. The number of ketones is 1. The fourth-order valence-electron chi connectivity index (χ4n) is 1.73. The van der Waals surface area contributed by atoms with E-state index < -0.39 is 6.17 Å². The molecule has 1 aromatic carbocycles. The van der Waals surface area contributed by atoms with Crippen LogP contribution in [0.15, 0.2) is 12.1 Å². The molecule has 1 atom stereocenters. The molecule has 1 unspecified atom stereocenters. The van der Waals surface area contributed by atoms with Gasteiger partial charge in [-0.3, -0.25) is 4.79 Å². The maximum atomic E-state index is 13.6. The van der Waals surface area contributed by atoms with Crippen molar-refractivity contribution in [3.8, 4) is 11.5 Å². The van der Waals surface area contributed by atoms with Crippen molar-refractivity contribution in [2.24, 2.45) is 5.73 Å². The van der Waals surface area contributed by atoms with Crippen LogP contribution in [0.5, 0.6) is 11.5 Å². The molecule has 0 radical (unpaired) electrons. The van der Waals surface area contributed by atoms with E-state index in [9.17, 15) is 9.18 Å². The first-order chi connectivity index (χ1) is 8.54. The van der Waals surface area contributed by atoms with E-state index in [1.807, 2.05) is 0 Å². The molecule has 5 heteroatoms. The summed E-state index contributed by atoms with van der Waals surface area (Å²) < 4.78 is 23.8. The van der Waals surface area contributed by atoms with Gasteiger partial charge in [0.05, 0.1) is 14.2 Å². The second kappa shape index (κ2) is 6.35. The van der Waals surface area contributed by atoms with Gasteiger partial charge in [-0.05, 0) is 25.6 Å². The first-order valence-corrected chi connectivity index (χ1v) is 5.68. The number of Topliss-reactive ketones (excluding diaryl/α,β-unsaturated/α-hetero) is 1. The predicted molar refractivity (Wildman–Crippen MR) is 67.1 cm³/mol. The third-order valence-electron chi connectivity index (χ3n) is 2.66. The number of methoxy groups -OCH3 is 2. The van der Waals surface area contributed by atoms with Crippen molar-refractivity contribution < 1.29 is 18.7 Å². The average Bonchev–Trinajstić information content (AvgIpc) is 2.37. The largest absolute Gasteiger partial charge is 0.493 e. The summed E-state index contributed by atoms with van der Waals surface area (Å²) in [6.45, 7) is 1.60. The average molecular weight is 255 g/mol. The highest BCUT2D eigenvalue weighted by Crippen LogP contribution is 2.34. The second-order valence-electron chi connectivity index (χ2n) is 3.87. The van der Waals surface area contributed by atoms with E-state index in [1.165, 1.54) is 33.3 Å². The van der Waals surface area contributed by atoms with E-state index in [0.29, 0.717) is 22.6 Å². The number of nitrogens with two attached hydrogens (primary N) is 1. The molecule has 0 saturated heterocycles. The lowest BCUT2D eigenvalue weighted by Gasteiger charge is -2.14. The molecule has 0 aliphatic carbocycles. The molecule has 0 saturated carbocycles. The molecule has 18 heavy (non-hydrogen) atoms. The number of rotatable bonds is 6. The quantitative estimate of drug-likeness (QED) is 0.792. The minimum absolute atomic E-state index is 0.176. The van der Waals surface area contributed by atoms with E-state index in [4.69, 9.17) is 15.2 Å². The normalized spacial score (nSPS) is 12.1. The molecule has 0 heterocycles. The summed E-state index contributed by atoms with van der Waals surface area (Å²) in [7, 11) is 2.93. The highest BCUT2D eigenvalue weighted by molar-refractivity contribution is 5.98. The zero-order valence-electron chi connectivity index (χ0n) is 10.8. The Hall–Kier alpha value is -1.62. The van der Waals surface area contributed by atoms with Crippen LogP contribution < -0.4 is 15.2 Å². The van der Waals surface area contributed by atoms with Crippen LogP contribution in [0, 0.1) is 0 Å². The van der Waals surface area contributed by atoms with E-state index in [-0.39, 0.29) is 18.7 Å². The van der Waals surface area contributed by atoms with Gasteiger partial charge in [0.15, 0.2) is 17.3 Å². The molecule has 0 aromatic heterocycles.